The maximum atomic E-state index is 13.1. The number of hydrogen-bond donors (Lipinski definition) is 0. The molecule has 0 amide bonds. The van der Waals surface area contributed by atoms with E-state index in [0.717, 1.165) is 11.3 Å². The van der Waals surface area contributed by atoms with E-state index in [2.05, 4.69) is 0 Å². The van der Waals surface area contributed by atoms with Crippen LogP contribution >= 0.6 is 0 Å². The minimum absolute atomic E-state index is 0.216. The number of fused-ring (bicyclic) bond motifs is 1. The third kappa shape index (κ3) is 3.78. The normalized spacial score (nSPS) is 13.7. The van der Waals surface area contributed by atoms with Crippen LogP contribution in [0.5, 0.6) is 11.5 Å². The Bertz CT molecular complexity index is 864. The van der Waals surface area contributed by atoms with Crippen molar-refractivity contribution < 1.29 is 17.9 Å². The Hall–Kier alpha value is -2.25. The van der Waals surface area contributed by atoms with Crippen molar-refractivity contribution in [3.05, 3.63) is 48.0 Å². The minimum atomic E-state index is -3.62. The Morgan fingerprint density at radius 1 is 0.962 bits per heavy atom. The summed E-state index contributed by atoms with van der Waals surface area (Å²) >= 11 is 0. The lowest BCUT2D eigenvalue weighted by atomic mass is 10.2. The Morgan fingerprint density at radius 3 is 2.23 bits per heavy atom. The summed E-state index contributed by atoms with van der Waals surface area (Å²) in [5.41, 5.74) is 2.02. The quantitative estimate of drug-likeness (QED) is 0.776. The molecule has 0 radical (unpaired) electrons. The highest BCUT2D eigenvalue weighted by Gasteiger charge is 2.25. The van der Waals surface area contributed by atoms with Crippen molar-refractivity contribution in [2.75, 3.05) is 38.8 Å². The maximum Gasteiger partial charge on any atom is 0.243 e. The van der Waals surface area contributed by atoms with Gasteiger partial charge in [-0.05, 0) is 29.8 Å². The molecule has 7 heteroatoms. The van der Waals surface area contributed by atoms with E-state index >= 15 is 0 Å². The molecule has 0 bridgehead atoms. The summed E-state index contributed by atoms with van der Waals surface area (Å²) in [7, 11) is 0.322. The van der Waals surface area contributed by atoms with Crippen molar-refractivity contribution in [3.8, 4) is 11.5 Å². The van der Waals surface area contributed by atoms with Crippen LogP contribution in [0, 0.1) is 0 Å². The molecule has 140 valence electrons. The molecule has 3 rings (SSSR count). The zero-order valence-electron chi connectivity index (χ0n) is 15.3. The molecule has 1 aliphatic rings. The third-order valence-corrected chi connectivity index (χ3v) is 6.23. The average molecular weight is 376 g/mol. The molecule has 0 saturated carbocycles. The van der Waals surface area contributed by atoms with Crippen LogP contribution < -0.4 is 14.4 Å². The van der Waals surface area contributed by atoms with Gasteiger partial charge in [-0.15, -0.1) is 0 Å². The summed E-state index contributed by atoms with van der Waals surface area (Å²) in [6.07, 6.45) is 0. The first-order valence-corrected chi connectivity index (χ1v) is 10.0. The summed E-state index contributed by atoms with van der Waals surface area (Å²) < 4.78 is 38.5. The van der Waals surface area contributed by atoms with Gasteiger partial charge < -0.3 is 14.4 Å². The molecule has 0 fully saturated rings. The molecule has 2 aromatic carbocycles. The molecule has 1 heterocycles. The van der Waals surface area contributed by atoms with Gasteiger partial charge in [-0.2, -0.15) is 4.31 Å². The van der Waals surface area contributed by atoms with E-state index in [0.29, 0.717) is 37.8 Å². The van der Waals surface area contributed by atoms with Gasteiger partial charge in [-0.3, -0.25) is 0 Å². The molecule has 0 atom stereocenters. The highest BCUT2D eigenvalue weighted by molar-refractivity contribution is 7.89. The average Bonchev–Trinajstić information content (AvgIpc) is 2.65. The van der Waals surface area contributed by atoms with Gasteiger partial charge >= 0.3 is 0 Å². The van der Waals surface area contributed by atoms with Gasteiger partial charge in [0.25, 0.3) is 0 Å². The Kier molecular flexibility index (Phi) is 5.38. The molecular weight excluding hydrogens is 352 g/mol. The van der Waals surface area contributed by atoms with Crippen molar-refractivity contribution in [3.63, 3.8) is 0 Å². The smallest absolute Gasteiger partial charge is 0.243 e. The van der Waals surface area contributed by atoms with Crippen LogP contribution in [-0.2, 0) is 16.6 Å². The van der Waals surface area contributed by atoms with Crippen LogP contribution in [-0.4, -0.2) is 46.6 Å². The Balaban J connectivity index is 1.84. The maximum absolute atomic E-state index is 13.1. The van der Waals surface area contributed by atoms with E-state index in [1.165, 1.54) is 4.31 Å². The van der Waals surface area contributed by atoms with Crippen molar-refractivity contribution in [2.24, 2.45) is 0 Å². The van der Waals surface area contributed by atoms with Gasteiger partial charge in [0, 0.05) is 38.9 Å². The topological polar surface area (TPSA) is 59.1 Å². The summed E-state index contributed by atoms with van der Waals surface area (Å²) in [5, 5.41) is 0. The summed E-state index contributed by atoms with van der Waals surface area (Å²) in [6.45, 7) is 3.44. The lowest BCUT2D eigenvalue weighted by Gasteiger charge is -2.23. The molecule has 0 aliphatic carbocycles. The molecular formula is C19H24N2O4S. The fourth-order valence-electron chi connectivity index (χ4n) is 2.80. The number of rotatable bonds is 6. The first-order valence-electron chi connectivity index (χ1n) is 8.58. The predicted molar refractivity (Wildman–Crippen MR) is 101 cm³/mol. The van der Waals surface area contributed by atoms with Gasteiger partial charge in [0.05, 0.1) is 4.90 Å². The molecule has 0 unspecified atom stereocenters. The van der Waals surface area contributed by atoms with Crippen LogP contribution in [0.1, 0.15) is 12.5 Å². The van der Waals surface area contributed by atoms with Crippen molar-refractivity contribution >= 4 is 15.7 Å². The highest BCUT2D eigenvalue weighted by atomic mass is 32.2. The number of hydrogen-bond acceptors (Lipinski definition) is 5. The third-order valence-electron chi connectivity index (χ3n) is 4.32. The molecule has 0 N–H and O–H groups in total. The van der Waals surface area contributed by atoms with E-state index in [-0.39, 0.29) is 4.90 Å². The van der Waals surface area contributed by atoms with E-state index < -0.39 is 10.0 Å². The second-order valence-corrected chi connectivity index (χ2v) is 8.24. The van der Waals surface area contributed by atoms with Gasteiger partial charge in [0.1, 0.15) is 13.2 Å². The van der Waals surface area contributed by atoms with E-state index in [1.807, 2.05) is 50.2 Å². The van der Waals surface area contributed by atoms with Gasteiger partial charge in [0.2, 0.25) is 10.0 Å². The fraction of sp³-hybridized carbons (Fsp3) is 0.368. The van der Waals surface area contributed by atoms with Crippen LogP contribution in [0.3, 0.4) is 0 Å². The van der Waals surface area contributed by atoms with Crippen LogP contribution in [0.25, 0.3) is 0 Å². The van der Waals surface area contributed by atoms with Crippen LogP contribution in [0.2, 0.25) is 0 Å². The standard InChI is InChI=1S/C19H24N2O4S/c1-4-21(14-15-5-7-16(8-6-15)20(2)3)26(22,23)17-9-10-18-19(13-17)25-12-11-24-18/h5-10,13H,4,11-12,14H2,1-3H3. The van der Waals surface area contributed by atoms with Crippen LogP contribution in [0.4, 0.5) is 5.69 Å². The van der Waals surface area contributed by atoms with E-state index in [1.54, 1.807) is 18.2 Å². The lowest BCUT2D eigenvalue weighted by molar-refractivity contribution is 0.171. The first kappa shape index (κ1) is 18.5. The van der Waals surface area contributed by atoms with Crippen molar-refractivity contribution in [2.45, 2.75) is 18.4 Å². The minimum Gasteiger partial charge on any atom is -0.486 e. The van der Waals surface area contributed by atoms with Crippen LogP contribution in [0.15, 0.2) is 47.4 Å². The fourth-order valence-corrected chi connectivity index (χ4v) is 4.26. The molecule has 26 heavy (non-hydrogen) atoms. The number of anilines is 1. The first-order chi connectivity index (χ1) is 12.4. The summed E-state index contributed by atoms with van der Waals surface area (Å²) in [6, 6.07) is 12.7. The van der Waals surface area contributed by atoms with Gasteiger partial charge in [0.15, 0.2) is 11.5 Å². The molecule has 0 aromatic heterocycles. The second-order valence-electron chi connectivity index (χ2n) is 6.30. The summed E-state index contributed by atoms with van der Waals surface area (Å²) in [5.74, 6) is 1.06. The SMILES string of the molecule is CCN(Cc1ccc(N(C)C)cc1)S(=O)(=O)c1ccc2c(c1)OCCO2. The number of nitrogens with zero attached hydrogens (tertiary/aromatic N) is 2. The molecule has 0 spiro atoms. The zero-order chi connectivity index (χ0) is 18.7. The van der Waals surface area contributed by atoms with E-state index in [4.69, 9.17) is 9.47 Å². The number of ether oxygens (including phenoxy) is 2. The van der Waals surface area contributed by atoms with Crippen molar-refractivity contribution in [1.82, 2.24) is 4.31 Å². The second kappa shape index (κ2) is 7.55. The summed E-state index contributed by atoms with van der Waals surface area (Å²) in [4.78, 5) is 2.22. The molecule has 1 aliphatic heterocycles. The van der Waals surface area contributed by atoms with E-state index in [9.17, 15) is 8.42 Å². The monoisotopic (exact) mass is 376 g/mol. The lowest BCUT2D eigenvalue weighted by Crippen LogP contribution is -2.30. The molecule has 6 nitrogen and oxygen atoms in total. The van der Waals surface area contributed by atoms with Crippen molar-refractivity contribution in [1.29, 1.82) is 0 Å². The Morgan fingerprint density at radius 2 is 1.62 bits per heavy atom. The molecule has 2 aromatic rings. The highest BCUT2D eigenvalue weighted by Crippen LogP contribution is 2.33. The molecule has 0 saturated heterocycles. The zero-order valence-corrected chi connectivity index (χ0v) is 16.1. The van der Waals surface area contributed by atoms with Gasteiger partial charge in [-0.1, -0.05) is 19.1 Å². The number of benzene rings is 2. The Labute approximate surface area is 155 Å². The van der Waals surface area contributed by atoms with Gasteiger partial charge in [-0.25, -0.2) is 8.42 Å². The number of sulfonamides is 1. The predicted octanol–water partition coefficient (Wildman–Crippen LogP) is 2.73. The largest absolute Gasteiger partial charge is 0.486 e.